The first-order valence-electron chi connectivity index (χ1n) is 9.69. The van der Waals surface area contributed by atoms with Gasteiger partial charge < -0.3 is 15.3 Å². The first kappa shape index (κ1) is 20.2. The summed E-state index contributed by atoms with van der Waals surface area (Å²) in [6.45, 7) is 12.0. The van der Waals surface area contributed by atoms with Gasteiger partial charge in [-0.1, -0.05) is 23.8 Å². The molecule has 0 saturated carbocycles. The summed E-state index contributed by atoms with van der Waals surface area (Å²) in [5.74, 6) is 0.263. The van der Waals surface area contributed by atoms with Crippen LogP contribution in [0.1, 0.15) is 52.0 Å². The Balaban J connectivity index is 1.97. The molecule has 28 heavy (non-hydrogen) atoms. The van der Waals surface area contributed by atoms with E-state index in [4.69, 9.17) is 0 Å². The number of allylic oxidation sites excluding steroid dienone is 3. The summed E-state index contributed by atoms with van der Waals surface area (Å²) in [7, 11) is 0. The first-order chi connectivity index (χ1) is 13.0. The third-order valence-corrected chi connectivity index (χ3v) is 5.37. The van der Waals surface area contributed by atoms with Crippen molar-refractivity contribution in [3.63, 3.8) is 0 Å². The van der Waals surface area contributed by atoms with Crippen LogP contribution in [0.4, 0.5) is 0 Å². The molecule has 0 bridgehead atoms. The van der Waals surface area contributed by atoms with Gasteiger partial charge in [-0.25, -0.2) is 0 Å². The molecule has 0 radical (unpaired) electrons. The van der Waals surface area contributed by atoms with E-state index in [9.17, 15) is 15.3 Å². The van der Waals surface area contributed by atoms with Crippen molar-refractivity contribution < 1.29 is 15.3 Å². The second kappa shape index (κ2) is 7.47. The van der Waals surface area contributed by atoms with Gasteiger partial charge in [-0.3, -0.25) is 4.68 Å². The number of phenols is 2. The maximum absolute atomic E-state index is 10.8. The van der Waals surface area contributed by atoms with Crippen molar-refractivity contribution >= 4 is 0 Å². The molecule has 2 atom stereocenters. The first-order valence-corrected chi connectivity index (χ1v) is 9.69. The molecule has 0 unspecified atom stereocenters. The zero-order valence-corrected chi connectivity index (χ0v) is 17.1. The minimum atomic E-state index is -0.875. The average molecular weight is 383 g/mol. The molecule has 150 valence electrons. The fourth-order valence-electron chi connectivity index (χ4n) is 4.03. The number of rotatable bonds is 5. The van der Waals surface area contributed by atoms with Gasteiger partial charge in [0.2, 0.25) is 0 Å². The van der Waals surface area contributed by atoms with Crippen LogP contribution in [0, 0.1) is 5.92 Å². The minimum absolute atomic E-state index is 0.0763. The van der Waals surface area contributed by atoms with Gasteiger partial charge >= 0.3 is 0 Å². The second-order valence-corrected chi connectivity index (χ2v) is 8.70. The molecule has 0 spiro atoms. The molecule has 2 aromatic rings. The molecule has 0 aliphatic heterocycles. The van der Waals surface area contributed by atoms with Crippen LogP contribution < -0.4 is 0 Å². The Kier molecular flexibility index (Phi) is 5.39. The van der Waals surface area contributed by atoms with Crippen molar-refractivity contribution in [1.82, 2.24) is 9.78 Å². The lowest BCUT2D eigenvalue weighted by Gasteiger charge is -2.31. The maximum Gasteiger partial charge on any atom is 0.123 e. The number of nitrogens with zero attached hydrogens (tertiary/aromatic N) is 2. The zero-order chi connectivity index (χ0) is 20.6. The van der Waals surface area contributed by atoms with E-state index in [1.54, 1.807) is 43.1 Å². The summed E-state index contributed by atoms with van der Waals surface area (Å²) in [5, 5.41) is 35.8. The van der Waals surface area contributed by atoms with Crippen molar-refractivity contribution in [3.05, 3.63) is 53.9 Å². The van der Waals surface area contributed by atoms with Crippen LogP contribution in [0.2, 0.25) is 0 Å². The fraction of sp³-hybridized carbons (Fsp3) is 0.435. The van der Waals surface area contributed by atoms with Crippen LogP contribution in [0.25, 0.3) is 11.1 Å². The Morgan fingerprint density at radius 1 is 1.25 bits per heavy atom. The molecule has 1 aliphatic rings. The van der Waals surface area contributed by atoms with Crippen molar-refractivity contribution in [2.75, 3.05) is 0 Å². The van der Waals surface area contributed by atoms with Gasteiger partial charge in [0.05, 0.1) is 18.3 Å². The Labute approximate surface area is 166 Å². The quantitative estimate of drug-likeness (QED) is 0.652. The largest absolute Gasteiger partial charge is 0.507 e. The van der Waals surface area contributed by atoms with E-state index in [0.29, 0.717) is 17.7 Å². The second-order valence-electron chi connectivity index (χ2n) is 8.70. The summed E-state index contributed by atoms with van der Waals surface area (Å²) in [4.78, 5) is 0. The van der Waals surface area contributed by atoms with E-state index in [1.165, 1.54) is 5.57 Å². The van der Waals surface area contributed by atoms with Crippen LogP contribution in [0.5, 0.6) is 11.5 Å². The lowest BCUT2D eigenvalue weighted by atomic mass is 9.73. The van der Waals surface area contributed by atoms with Crippen molar-refractivity contribution in [2.45, 2.75) is 58.6 Å². The van der Waals surface area contributed by atoms with Gasteiger partial charge in [-0.2, -0.15) is 5.10 Å². The topological polar surface area (TPSA) is 78.5 Å². The Morgan fingerprint density at radius 3 is 2.46 bits per heavy atom. The molecule has 5 heteroatoms. The molecule has 0 amide bonds. The molecule has 1 aromatic heterocycles. The monoisotopic (exact) mass is 382 g/mol. The highest BCUT2D eigenvalue weighted by Crippen LogP contribution is 2.47. The standard InChI is InChI=1S/C23H30N2O3/c1-14(2)18-7-6-15(3)8-19(18)22-20(26)9-16(10-21(22)27)17-11-24-25(12-17)13-23(4,5)28/h8-12,18-19,26-28H,1,6-7,13H2,2-5H3/t18-,19+/m0/s1. The molecule has 0 fully saturated rings. The van der Waals surface area contributed by atoms with Gasteiger partial charge in [0.25, 0.3) is 0 Å². The smallest absolute Gasteiger partial charge is 0.123 e. The molecule has 3 N–H and O–H groups in total. The average Bonchev–Trinajstić information content (AvgIpc) is 3.00. The van der Waals surface area contributed by atoms with E-state index < -0.39 is 5.60 Å². The van der Waals surface area contributed by atoms with Crippen molar-refractivity contribution in [2.24, 2.45) is 5.92 Å². The summed E-state index contributed by atoms with van der Waals surface area (Å²) in [6.07, 6.45) is 7.58. The molecule has 1 aromatic carbocycles. The van der Waals surface area contributed by atoms with E-state index >= 15 is 0 Å². The number of hydrogen-bond donors (Lipinski definition) is 3. The molecule has 0 saturated heterocycles. The van der Waals surface area contributed by atoms with E-state index in [1.807, 2.05) is 6.92 Å². The van der Waals surface area contributed by atoms with E-state index in [2.05, 4.69) is 24.7 Å². The lowest BCUT2D eigenvalue weighted by Crippen LogP contribution is -2.26. The number of hydrogen-bond acceptors (Lipinski definition) is 4. The number of phenolic OH excluding ortho intramolecular Hbond substituents is 2. The number of aliphatic hydroxyl groups is 1. The zero-order valence-electron chi connectivity index (χ0n) is 17.1. The van der Waals surface area contributed by atoms with E-state index in [0.717, 1.165) is 24.0 Å². The number of aromatic nitrogens is 2. The molecule has 3 rings (SSSR count). The third kappa shape index (κ3) is 4.30. The number of benzene rings is 1. The van der Waals surface area contributed by atoms with Gasteiger partial charge in [0.15, 0.2) is 0 Å². The molecular formula is C23H30N2O3. The van der Waals surface area contributed by atoms with E-state index in [-0.39, 0.29) is 23.3 Å². The summed E-state index contributed by atoms with van der Waals surface area (Å²) in [6, 6.07) is 3.35. The van der Waals surface area contributed by atoms with Gasteiger partial charge in [-0.15, -0.1) is 0 Å². The predicted octanol–water partition coefficient (Wildman–Crippen LogP) is 4.75. The summed E-state index contributed by atoms with van der Waals surface area (Å²) < 4.78 is 1.65. The highest BCUT2D eigenvalue weighted by Gasteiger charge is 2.30. The van der Waals surface area contributed by atoms with Crippen LogP contribution in [-0.4, -0.2) is 30.7 Å². The molecular weight excluding hydrogens is 352 g/mol. The van der Waals surface area contributed by atoms with Crippen molar-refractivity contribution in [3.8, 4) is 22.6 Å². The predicted molar refractivity (Wildman–Crippen MR) is 111 cm³/mol. The van der Waals surface area contributed by atoms with Crippen LogP contribution in [0.3, 0.4) is 0 Å². The summed E-state index contributed by atoms with van der Waals surface area (Å²) in [5.41, 5.74) is 3.46. The number of aromatic hydroxyl groups is 2. The van der Waals surface area contributed by atoms with Crippen LogP contribution >= 0.6 is 0 Å². The minimum Gasteiger partial charge on any atom is -0.507 e. The van der Waals surface area contributed by atoms with Gasteiger partial charge in [0, 0.05) is 23.2 Å². The van der Waals surface area contributed by atoms with Gasteiger partial charge in [0.1, 0.15) is 11.5 Å². The Hall–Kier alpha value is -2.53. The summed E-state index contributed by atoms with van der Waals surface area (Å²) >= 11 is 0. The van der Waals surface area contributed by atoms with Gasteiger partial charge in [-0.05, 0) is 64.2 Å². The fourth-order valence-corrected chi connectivity index (χ4v) is 4.03. The van der Waals surface area contributed by atoms with Crippen molar-refractivity contribution in [1.29, 1.82) is 0 Å². The SMILES string of the molecule is C=C(C)[C@@H]1CCC(C)=C[C@H]1c1c(O)cc(-c2cnn(CC(C)(C)O)c2)cc1O. The molecule has 1 heterocycles. The molecule has 1 aliphatic carbocycles. The molecule has 5 nitrogen and oxygen atoms in total. The highest BCUT2D eigenvalue weighted by molar-refractivity contribution is 5.68. The highest BCUT2D eigenvalue weighted by atomic mass is 16.3. The Bertz CT molecular complexity index is 895. The van der Waals surface area contributed by atoms with Crippen LogP contribution in [-0.2, 0) is 6.54 Å². The normalized spacial score (nSPS) is 20.1. The third-order valence-electron chi connectivity index (χ3n) is 5.37. The van der Waals surface area contributed by atoms with Crippen LogP contribution in [0.15, 0.2) is 48.3 Å². The Morgan fingerprint density at radius 2 is 1.89 bits per heavy atom. The lowest BCUT2D eigenvalue weighted by molar-refractivity contribution is 0.0577. The maximum atomic E-state index is 10.8.